The van der Waals surface area contributed by atoms with E-state index in [1.54, 1.807) is 59.7 Å². The number of carbonyl (C=O) groups excluding carboxylic acids is 3. The molecule has 4 amide bonds. The molecule has 0 saturated carbocycles. The van der Waals surface area contributed by atoms with Crippen molar-refractivity contribution in [1.82, 2.24) is 4.90 Å². The van der Waals surface area contributed by atoms with Crippen molar-refractivity contribution in [3.63, 3.8) is 0 Å². The molecule has 0 aromatic heterocycles. The third-order valence-electron chi connectivity index (χ3n) is 3.58. The van der Waals surface area contributed by atoms with Gasteiger partial charge in [-0.1, -0.05) is 25.8 Å². The van der Waals surface area contributed by atoms with E-state index in [-0.39, 0.29) is 6.54 Å². The molecule has 2 N–H and O–H groups in total. The van der Waals surface area contributed by atoms with E-state index >= 15 is 0 Å². The van der Waals surface area contributed by atoms with Gasteiger partial charge in [-0.25, -0.2) is 23.6 Å². The number of primary amides is 1. The monoisotopic (exact) mass is 425 g/mol. The Labute approximate surface area is 177 Å². The Hall–Kier alpha value is -2.42. The van der Waals surface area contributed by atoms with Gasteiger partial charge in [0.2, 0.25) is 0 Å². The van der Waals surface area contributed by atoms with Gasteiger partial charge in [0.05, 0.1) is 12.2 Å². The summed E-state index contributed by atoms with van der Waals surface area (Å²) in [5, 5.41) is 0. The highest BCUT2D eigenvalue weighted by Gasteiger charge is 2.32. The predicted octanol–water partition coefficient (Wildman–Crippen LogP) is 4.65. The summed E-state index contributed by atoms with van der Waals surface area (Å²) in [7, 11) is 0. The zero-order valence-electron chi connectivity index (χ0n) is 18.1. The molecule has 1 aromatic rings. The maximum Gasteiger partial charge on any atom is 0.420 e. The van der Waals surface area contributed by atoms with E-state index in [1.165, 1.54) is 0 Å². The van der Waals surface area contributed by atoms with Crippen molar-refractivity contribution in [2.75, 3.05) is 4.31 Å². The second kappa shape index (κ2) is 9.39. The van der Waals surface area contributed by atoms with Crippen LogP contribution in [0.5, 0.6) is 0 Å². The van der Waals surface area contributed by atoms with Gasteiger partial charge >= 0.3 is 18.2 Å². The van der Waals surface area contributed by atoms with Crippen molar-refractivity contribution in [3.05, 3.63) is 29.3 Å². The van der Waals surface area contributed by atoms with Crippen LogP contribution in [-0.4, -0.2) is 34.3 Å². The molecule has 0 aliphatic carbocycles. The molecule has 29 heavy (non-hydrogen) atoms. The van der Waals surface area contributed by atoms with E-state index in [2.05, 4.69) is 12.8 Å². The summed E-state index contributed by atoms with van der Waals surface area (Å²) < 4.78 is 11.7. The third kappa shape index (κ3) is 7.84. The van der Waals surface area contributed by atoms with Crippen molar-refractivity contribution >= 4 is 36.7 Å². The second-order valence-electron chi connectivity index (χ2n) is 8.50. The number of hydrogen-bond donors (Lipinski definition) is 2. The van der Waals surface area contributed by atoms with Crippen molar-refractivity contribution in [2.45, 2.75) is 72.6 Å². The molecule has 0 radical (unpaired) electrons. The van der Waals surface area contributed by atoms with Gasteiger partial charge in [-0.05, 0) is 71.2 Å². The zero-order chi connectivity index (χ0) is 22.6. The molecule has 0 heterocycles. The summed E-state index contributed by atoms with van der Waals surface area (Å²) in [6.45, 7) is 12.1. The normalized spacial score (nSPS) is 11.6. The summed E-state index contributed by atoms with van der Waals surface area (Å²) in [5.41, 5.74) is 5.64. The number of rotatable bonds is 4. The number of nitrogens with zero attached hydrogens (tertiary/aromatic N) is 2. The zero-order valence-corrected chi connectivity index (χ0v) is 19.0. The largest absolute Gasteiger partial charge is 0.443 e. The Bertz CT molecular complexity index is 740. The summed E-state index contributed by atoms with van der Waals surface area (Å²) in [6, 6.07) is 4.38. The molecular weight excluding hydrogens is 394 g/mol. The lowest BCUT2D eigenvalue weighted by Gasteiger charge is -2.29. The van der Waals surface area contributed by atoms with Crippen molar-refractivity contribution in [1.29, 1.82) is 0 Å². The number of amides is 4. The number of hydrogen-bond acceptors (Lipinski definition) is 6. The van der Waals surface area contributed by atoms with Crippen LogP contribution in [0.25, 0.3) is 0 Å². The molecule has 0 bridgehead atoms. The molecule has 0 aliphatic heterocycles. The number of thiol groups is 1. The Morgan fingerprint density at radius 1 is 0.966 bits per heavy atom. The molecule has 0 unspecified atom stereocenters. The minimum Gasteiger partial charge on any atom is -0.443 e. The number of urea groups is 1. The molecule has 8 nitrogen and oxygen atoms in total. The first-order valence-electron chi connectivity index (χ1n) is 9.28. The first-order valence-corrected chi connectivity index (χ1v) is 9.68. The number of carbonyl (C=O) groups is 3. The van der Waals surface area contributed by atoms with Crippen LogP contribution >= 0.6 is 12.8 Å². The first-order chi connectivity index (χ1) is 13.1. The molecule has 0 spiro atoms. The fourth-order valence-corrected chi connectivity index (χ4v) is 2.50. The number of benzene rings is 1. The van der Waals surface area contributed by atoms with Crippen molar-refractivity contribution < 1.29 is 23.9 Å². The lowest BCUT2D eigenvalue weighted by molar-refractivity contribution is -0.000288. The van der Waals surface area contributed by atoms with Gasteiger partial charge in [-0.15, -0.1) is 0 Å². The Morgan fingerprint density at radius 2 is 1.45 bits per heavy atom. The highest BCUT2D eigenvalue weighted by Crippen LogP contribution is 2.24. The summed E-state index contributed by atoms with van der Waals surface area (Å²) in [6.07, 6.45) is -0.997. The molecule has 1 rings (SSSR count). The summed E-state index contributed by atoms with van der Waals surface area (Å²) >= 11 is 4.07. The lowest BCUT2D eigenvalue weighted by atomic mass is 10.0. The van der Waals surface area contributed by atoms with Gasteiger partial charge in [0.25, 0.3) is 0 Å². The van der Waals surface area contributed by atoms with Gasteiger partial charge in [0.1, 0.15) is 11.2 Å². The molecular formula is C20H31N3O5S. The molecule has 0 atom stereocenters. The Kier molecular flexibility index (Phi) is 7.97. The van der Waals surface area contributed by atoms with Crippen LogP contribution in [-0.2, 0) is 22.4 Å². The molecule has 1 aromatic carbocycles. The SMILES string of the molecule is CCc1ccc(N(S)C(N)=O)cc1CN(C(=O)OC(C)(C)C)C(=O)OC(C)(C)C. The maximum atomic E-state index is 12.7. The van der Waals surface area contributed by atoms with E-state index in [9.17, 15) is 14.4 Å². The molecule has 0 fully saturated rings. The van der Waals surface area contributed by atoms with Crippen LogP contribution in [0.1, 0.15) is 59.6 Å². The quantitative estimate of drug-likeness (QED) is 0.684. The maximum absolute atomic E-state index is 12.7. The fourth-order valence-electron chi connectivity index (χ4n) is 2.37. The van der Waals surface area contributed by atoms with E-state index in [0.717, 1.165) is 14.8 Å². The first kappa shape index (κ1) is 24.6. The Balaban J connectivity index is 3.33. The number of ether oxygens (including phenoxy) is 2. The van der Waals surface area contributed by atoms with Gasteiger partial charge in [0, 0.05) is 0 Å². The summed E-state index contributed by atoms with van der Waals surface area (Å²) in [5.74, 6) is 0. The molecule has 0 saturated heterocycles. The highest BCUT2D eigenvalue weighted by molar-refractivity contribution is 7.82. The number of aryl methyl sites for hydroxylation is 1. The lowest BCUT2D eigenvalue weighted by Crippen LogP contribution is -2.43. The fraction of sp³-hybridized carbons (Fsp3) is 0.550. The van der Waals surface area contributed by atoms with Crippen LogP contribution in [0.3, 0.4) is 0 Å². The second-order valence-corrected chi connectivity index (χ2v) is 8.90. The minimum absolute atomic E-state index is 0.0960. The van der Waals surface area contributed by atoms with Gasteiger partial charge in [0.15, 0.2) is 0 Å². The summed E-state index contributed by atoms with van der Waals surface area (Å²) in [4.78, 5) is 37.8. The van der Waals surface area contributed by atoms with Crippen molar-refractivity contribution in [3.8, 4) is 0 Å². The molecule has 0 aliphatic rings. The van der Waals surface area contributed by atoms with E-state index < -0.39 is 29.4 Å². The highest BCUT2D eigenvalue weighted by atomic mass is 32.1. The Morgan fingerprint density at radius 3 is 1.83 bits per heavy atom. The number of imide groups is 1. The van der Waals surface area contributed by atoms with E-state index in [0.29, 0.717) is 17.7 Å². The number of nitrogens with two attached hydrogens (primary N) is 1. The average molecular weight is 426 g/mol. The van der Waals surface area contributed by atoms with E-state index in [1.807, 2.05) is 6.92 Å². The van der Waals surface area contributed by atoms with E-state index in [4.69, 9.17) is 15.2 Å². The van der Waals surface area contributed by atoms with Crippen LogP contribution in [0.2, 0.25) is 0 Å². The smallest absolute Gasteiger partial charge is 0.420 e. The average Bonchev–Trinajstić information content (AvgIpc) is 2.55. The van der Waals surface area contributed by atoms with Crippen LogP contribution in [0.4, 0.5) is 20.1 Å². The van der Waals surface area contributed by atoms with Gasteiger partial charge < -0.3 is 15.2 Å². The predicted molar refractivity (Wildman–Crippen MR) is 115 cm³/mol. The standard InChI is InChI=1S/C20H31N3O5S/c1-8-13-9-10-15(23(29)16(21)24)11-14(13)12-22(17(25)27-19(2,3)4)18(26)28-20(5,6)7/h9-11,29H,8,12H2,1-7H3,(H2,21,24). The minimum atomic E-state index is -0.822. The van der Waals surface area contributed by atoms with Crippen LogP contribution in [0, 0.1) is 0 Å². The molecule has 9 heteroatoms. The van der Waals surface area contributed by atoms with Crippen LogP contribution in [0.15, 0.2) is 18.2 Å². The third-order valence-corrected chi connectivity index (χ3v) is 4.01. The number of anilines is 1. The van der Waals surface area contributed by atoms with Gasteiger partial charge in [-0.3, -0.25) is 0 Å². The molecule has 162 valence electrons. The topological polar surface area (TPSA) is 102 Å². The van der Waals surface area contributed by atoms with Gasteiger partial charge in [-0.2, -0.15) is 0 Å². The van der Waals surface area contributed by atoms with Crippen molar-refractivity contribution in [2.24, 2.45) is 5.73 Å². The van der Waals surface area contributed by atoms with Crippen LogP contribution < -0.4 is 10.0 Å².